The summed E-state index contributed by atoms with van der Waals surface area (Å²) in [5, 5.41) is 11.9. The van der Waals surface area contributed by atoms with E-state index in [0.29, 0.717) is 5.56 Å². The Bertz CT molecular complexity index is 862. The van der Waals surface area contributed by atoms with E-state index in [2.05, 4.69) is 31.4 Å². The number of hydrogen-bond donors (Lipinski definition) is 1. The van der Waals surface area contributed by atoms with E-state index in [4.69, 9.17) is 11.6 Å². The number of aromatic nitrogens is 2. The summed E-state index contributed by atoms with van der Waals surface area (Å²) in [5.41, 5.74) is 0.374. The predicted molar refractivity (Wildman–Crippen MR) is 117 cm³/mol. The van der Waals surface area contributed by atoms with Gasteiger partial charge in [0, 0.05) is 37.8 Å². The summed E-state index contributed by atoms with van der Waals surface area (Å²) in [4.78, 5) is 16.9. The second kappa shape index (κ2) is 9.60. The summed E-state index contributed by atoms with van der Waals surface area (Å²) in [5.74, 6) is 1.09. The summed E-state index contributed by atoms with van der Waals surface area (Å²) in [6.07, 6.45) is 6.65. The van der Waals surface area contributed by atoms with Crippen molar-refractivity contribution in [2.45, 2.75) is 44.6 Å². The highest BCUT2D eigenvalue weighted by atomic mass is 35.5. The van der Waals surface area contributed by atoms with Crippen LogP contribution in [0.15, 0.2) is 30.3 Å². The first-order valence-corrected chi connectivity index (χ1v) is 11.1. The fourth-order valence-electron chi connectivity index (χ4n) is 4.11. The van der Waals surface area contributed by atoms with Gasteiger partial charge in [-0.1, -0.05) is 24.4 Å². The van der Waals surface area contributed by atoms with Crippen LogP contribution in [-0.2, 0) is 0 Å². The van der Waals surface area contributed by atoms with Crippen LogP contribution in [0.3, 0.4) is 0 Å². The number of anilines is 2. The zero-order valence-electron chi connectivity index (χ0n) is 17.0. The number of carbonyl (C=O) groups is 1. The highest BCUT2D eigenvalue weighted by Gasteiger charge is 2.23. The van der Waals surface area contributed by atoms with Crippen molar-refractivity contribution in [3.8, 4) is 0 Å². The molecule has 2 aliphatic heterocycles. The Labute approximate surface area is 181 Å². The van der Waals surface area contributed by atoms with E-state index in [1.54, 1.807) is 0 Å². The van der Waals surface area contributed by atoms with E-state index < -0.39 is 5.82 Å². The van der Waals surface area contributed by atoms with Crippen molar-refractivity contribution in [2.24, 2.45) is 0 Å². The molecule has 6 nitrogen and oxygen atoms in total. The van der Waals surface area contributed by atoms with Gasteiger partial charge in [-0.2, -0.15) is 0 Å². The minimum absolute atomic E-state index is 0.0420. The number of rotatable bonds is 4. The number of amides is 1. The third-order valence-electron chi connectivity index (χ3n) is 5.90. The number of piperidine rings is 1. The van der Waals surface area contributed by atoms with Gasteiger partial charge in [0.25, 0.3) is 5.91 Å². The summed E-state index contributed by atoms with van der Waals surface area (Å²) in [6, 6.07) is 8.22. The maximum absolute atomic E-state index is 13.3. The molecule has 160 valence electrons. The van der Waals surface area contributed by atoms with Crippen molar-refractivity contribution in [3.63, 3.8) is 0 Å². The largest absolute Gasteiger partial charge is 0.355 e. The average Bonchev–Trinajstić information content (AvgIpc) is 3.06. The molecule has 0 saturated carbocycles. The minimum atomic E-state index is -0.524. The van der Waals surface area contributed by atoms with Gasteiger partial charge in [0.2, 0.25) is 0 Å². The maximum Gasteiger partial charge on any atom is 0.251 e. The van der Waals surface area contributed by atoms with Crippen molar-refractivity contribution in [2.75, 3.05) is 36.0 Å². The molecule has 1 amide bonds. The van der Waals surface area contributed by atoms with E-state index in [-0.39, 0.29) is 17.0 Å². The van der Waals surface area contributed by atoms with E-state index >= 15 is 0 Å². The number of nitrogens with one attached hydrogen (secondary N) is 1. The second-order valence-corrected chi connectivity index (χ2v) is 8.42. The standard InChI is InChI=1S/C22H27ClFN5O/c23-18-15-16(5-6-19(18)24)22(30)25-17-9-13-29(14-10-17)21-8-7-20(26-27-21)28-11-3-1-2-4-12-28/h5-8,15,17H,1-4,9-14H2,(H,25,30). The summed E-state index contributed by atoms with van der Waals surface area (Å²) >= 11 is 5.78. The lowest BCUT2D eigenvalue weighted by molar-refractivity contribution is 0.0931. The number of benzene rings is 1. The quantitative estimate of drug-likeness (QED) is 0.791. The SMILES string of the molecule is O=C(NC1CCN(c2ccc(N3CCCCCC3)nn2)CC1)c1ccc(F)c(Cl)c1. The number of halogens is 2. The van der Waals surface area contributed by atoms with Gasteiger partial charge in [-0.25, -0.2) is 4.39 Å². The van der Waals surface area contributed by atoms with Crippen LogP contribution in [0.2, 0.25) is 5.02 Å². The second-order valence-electron chi connectivity index (χ2n) is 8.01. The molecule has 0 bridgehead atoms. The van der Waals surface area contributed by atoms with Crippen LogP contribution in [0.5, 0.6) is 0 Å². The van der Waals surface area contributed by atoms with Gasteiger partial charge in [-0.15, -0.1) is 10.2 Å². The summed E-state index contributed by atoms with van der Waals surface area (Å²) in [7, 11) is 0. The Hall–Kier alpha value is -2.41. The van der Waals surface area contributed by atoms with Crippen molar-refractivity contribution in [1.82, 2.24) is 15.5 Å². The van der Waals surface area contributed by atoms with E-state index in [1.165, 1.54) is 43.9 Å². The molecular weight excluding hydrogens is 405 g/mol. The van der Waals surface area contributed by atoms with E-state index in [0.717, 1.165) is 50.7 Å². The van der Waals surface area contributed by atoms with Crippen molar-refractivity contribution >= 4 is 29.1 Å². The topological polar surface area (TPSA) is 61.4 Å². The average molecular weight is 432 g/mol. The molecule has 0 spiro atoms. The molecule has 2 fully saturated rings. The van der Waals surface area contributed by atoms with Gasteiger partial charge in [0.1, 0.15) is 5.82 Å². The lowest BCUT2D eigenvalue weighted by atomic mass is 10.0. The van der Waals surface area contributed by atoms with Crippen LogP contribution in [0.4, 0.5) is 16.0 Å². The third kappa shape index (κ3) is 5.01. The number of hydrogen-bond acceptors (Lipinski definition) is 5. The van der Waals surface area contributed by atoms with E-state index in [1.807, 2.05) is 6.07 Å². The molecule has 30 heavy (non-hydrogen) atoms. The Morgan fingerprint density at radius 2 is 1.53 bits per heavy atom. The highest BCUT2D eigenvalue weighted by Crippen LogP contribution is 2.22. The van der Waals surface area contributed by atoms with Crippen LogP contribution in [0.1, 0.15) is 48.9 Å². The smallest absolute Gasteiger partial charge is 0.251 e. The first-order chi connectivity index (χ1) is 14.6. The van der Waals surface area contributed by atoms with Gasteiger partial charge >= 0.3 is 0 Å². The maximum atomic E-state index is 13.3. The van der Waals surface area contributed by atoms with Crippen molar-refractivity contribution in [1.29, 1.82) is 0 Å². The highest BCUT2D eigenvalue weighted by molar-refractivity contribution is 6.31. The Morgan fingerprint density at radius 3 is 2.10 bits per heavy atom. The molecule has 2 aromatic rings. The Balaban J connectivity index is 1.29. The molecule has 0 radical (unpaired) electrons. The molecule has 0 atom stereocenters. The predicted octanol–water partition coefficient (Wildman–Crippen LogP) is 4.05. The number of nitrogens with zero attached hydrogens (tertiary/aromatic N) is 4. The molecule has 2 aliphatic rings. The fourth-order valence-corrected chi connectivity index (χ4v) is 4.29. The molecule has 0 unspecified atom stereocenters. The first-order valence-electron chi connectivity index (χ1n) is 10.7. The van der Waals surface area contributed by atoms with Gasteiger partial charge in [0.05, 0.1) is 5.02 Å². The molecule has 8 heteroatoms. The summed E-state index contributed by atoms with van der Waals surface area (Å²) < 4.78 is 13.3. The van der Waals surface area contributed by atoms with Crippen molar-refractivity contribution in [3.05, 3.63) is 46.7 Å². The molecular formula is C22H27ClFN5O. The van der Waals surface area contributed by atoms with Crippen LogP contribution < -0.4 is 15.1 Å². The Kier molecular flexibility index (Phi) is 6.67. The van der Waals surface area contributed by atoms with Gasteiger partial charge < -0.3 is 15.1 Å². The Morgan fingerprint density at radius 1 is 0.933 bits per heavy atom. The molecule has 1 aromatic heterocycles. The summed E-state index contributed by atoms with van der Waals surface area (Å²) in [6.45, 7) is 3.70. The molecule has 4 rings (SSSR count). The fraction of sp³-hybridized carbons (Fsp3) is 0.500. The van der Waals surface area contributed by atoms with E-state index in [9.17, 15) is 9.18 Å². The first kappa shape index (κ1) is 20.8. The molecule has 1 aromatic carbocycles. The van der Waals surface area contributed by atoms with Gasteiger partial charge in [-0.3, -0.25) is 4.79 Å². The zero-order valence-corrected chi connectivity index (χ0v) is 17.7. The van der Waals surface area contributed by atoms with Crippen LogP contribution >= 0.6 is 11.6 Å². The van der Waals surface area contributed by atoms with Crippen LogP contribution in [-0.4, -0.2) is 48.3 Å². The monoisotopic (exact) mass is 431 g/mol. The van der Waals surface area contributed by atoms with Crippen molar-refractivity contribution < 1.29 is 9.18 Å². The van der Waals surface area contributed by atoms with Crippen LogP contribution in [0, 0.1) is 5.82 Å². The van der Waals surface area contributed by atoms with Gasteiger partial charge in [0.15, 0.2) is 11.6 Å². The molecule has 2 saturated heterocycles. The van der Waals surface area contributed by atoms with Gasteiger partial charge in [-0.05, 0) is 56.0 Å². The molecule has 3 heterocycles. The molecule has 0 aliphatic carbocycles. The third-order valence-corrected chi connectivity index (χ3v) is 6.19. The lowest BCUT2D eigenvalue weighted by Gasteiger charge is -2.33. The van der Waals surface area contributed by atoms with Crippen LogP contribution in [0.25, 0.3) is 0 Å². The zero-order chi connectivity index (χ0) is 20.9. The minimum Gasteiger partial charge on any atom is -0.355 e. The normalized spacial score (nSPS) is 18.2. The lowest BCUT2D eigenvalue weighted by Crippen LogP contribution is -2.45. The number of carbonyl (C=O) groups excluding carboxylic acids is 1. The molecule has 1 N–H and O–H groups in total.